The van der Waals surface area contributed by atoms with Crippen LogP contribution in [0.4, 0.5) is 4.39 Å². The fourth-order valence-corrected chi connectivity index (χ4v) is 4.84. The maximum atomic E-state index is 13.5. The van der Waals surface area contributed by atoms with Gasteiger partial charge in [0.2, 0.25) is 5.91 Å². The molecule has 1 fully saturated rings. The number of hydrogen-bond acceptors (Lipinski definition) is 3. The molecule has 0 bridgehead atoms. The molecule has 0 spiro atoms. The van der Waals surface area contributed by atoms with Crippen LogP contribution in [-0.4, -0.2) is 37.2 Å². The number of carbonyl (C=O) groups is 1. The molecule has 2 rings (SSSR count). The summed E-state index contributed by atoms with van der Waals surface area (Å²) in [7, 11) is -3.23. The van der Waals surface area contributed by atoms with Crippen LogP contribution in [0.25, 0.3) is 0 Å². The van der Waals surface area contributed by atoms with E-state index in [2.05, 4.69) is 5.32 Å². The molecule has 1 aromatic carbocycles. The van der Waals surface area contributed by atoms with Crippen LogP contribution in [0.5, 0.6) is 0 Å². The first-order chi connectivity index (χ1) is 9.28. The van der Waals surface area contributed by atoms with E-state index in [1.807, 2.05) is 0 Å². The van der Waals surface area contributed by atoms with Crippen LogP contribution in [0.2, 0.25) is 5.02 Å². The number of sulfone groups is 1. The number of rotatable bonds is 3. The van der Waals surface area contributed by atoms with Crippen LogP contribution in [0, 0.1) is 5.82 Å². The zero-order chi connectivity index (χ0) is 14.9. The molecular weight excluding hydrogens is 328 g/mol. The molecule has 2 atom stereocenters. The molecule has 1 aliphatic rings. The zero-order valence-corrected chi connectivity index (χ0v) is 12.6. The second-order valence-electron chi connectivity index (χ2n) is 4.64. The average Bonchev–Trinajstić information content (AvgIpc) is 2.57. The summed E-state index contributed by atoms with van der Waals surface area (Å²) >= 11 is 11.7. The van der Waals surface area contributed by atoms with Crippen molar-refractivity contribution in [2.75, 3.05) is 11.5 Å². The Labute approximate surface area is 126 Å². The Morgan fingerprint density at radius 2 is 2.10 bits per heavy atom. The molecule has 0 aliphatic carbocycles. The van der Waals surface area contributed by atoms with E-state index in [9.17, 15) is 17.6 Å². The molecule has 2 unspecified atom stereocenters. The molecule has 1 aromatic rings. The van der Waals surface area contributed by atoms with Gasteiger partial charge in [-0.05, 0) is 12.1 Å². The van der Waals surface area contributed by atoms with Crippen molar-refractivity contribution in [2.24, 2.45) is 0 Å². The summed E-state index contributed by atoms with van der Waals surface area (Å²) in [6.45, 7) is 0. The van der Waals surface area contributed by atoms with Gasteiger partial charge in [-0.15, -0.1) is 11.6 Å². The highest BCUT2D eigenvalue weighted by Gasteiger charge is 2.37. The van der Waals surface area contributed by atoms with Gasteiger partial charge in [0, 0.05) is 10.6 Å². The van der Waals surface area contributed by atoms with Gasteiger partial charge >= 0.3 is 0 Å². The molecule has 0 radical (unpaired) electrons. The first-order valence-corrected chi connectivity index (χ1v) is 8.49. The van der Waals surface area contributed by atoms with Crippen molar-refractivity contribution in [3.8, 4) is 0 Å². The molecule has 1 N–H and O–H groups in total. The van der Waals surface area contributed by atoms with E-state index >= 15 is 0 Å². The fourth-order valence-electron chi connectivity index (χ4n) is 2.06. The predicted molar refractivity (Wildman–Crippen MR) is 75.3 cm³/mol. The molecule has 4 nitrogen and oxygen atoms in total. The van der Waals surface area contributed by atoms with Crippen molar-refractivity contribution >= 4 is 38.9 Å². The molecule has 8 heteroatoms. The smallest absolute Gasteiger partial charge is 0.224 e. The summed E-state index contributed by atoms with van der Waals surface area (Å²) < 4.78 is 36.3. The molecule has 0 aromatic heterocycles. The van der Waals surface area contributed by atoms with Crippen molar-refractivity contribution in [1.82, 2.24) is 5.32 Å². The largest absolute Gasteiger partial charge is 0.351 e. The summed E-state index contributed by atoms with van der Waals surface area (Å²) in [5, 5.41) is 2.00. The Kier molecular flexibility index (Phi) is 4.56. The van der Waals surface area contributed by atoms with Crippen LogP contribution >= 0.6 is 23.2 Å². The Balaban J connectivity index is 2.04. The minimum absolute atomic E-state index is 0.0821. The molecule has 1 saturated heterocycles. The van der Waals surface area contributed by atoms with Gasteiger partial charge in [0.05, 0.1) is 29.3 Å². The minimum atomic E-state index is -3.23. The summed E-state index contributed by atoms with van der Waals surface area (Å²) in [6.07, 6.45) is -0.258. The Morgan fingerprint density at radius 1 is 1.40 bits per heavy atom. The number of hydrogen-bond donors (Lipinski definition) is 1. The van der Waals surface area contributed by atoms with Gasteiger partial charge < -0.3 is 5.32 Å². The van der Waals surface area contributed by atoms with Crippen LogP contribution in [0.1, 0.15) is 5.56 Å². The van der Waals surface area contributed by atoms with Crippen molar-refractivity contribution in [2.45, 2.75) is 17.8 Å². The molecule has 20 heavy (non-hydrogen) atoms. The quantitative estimate of drug-likeness (QED) is 0.849. The van der Waals surface area contributed by atoms with Gasteiger partial charge in [-0.3, -0.25) is 4.79 Å². The first-order valence-electron chi connectivity index (χ1n) is 5.85. The fraction of sp³-hybridized carbons (Fsp3) is 0.417. The van der Waals surface area contributed by atoms with E-state index in [0.717, 1.165) is 0 Å². The molecule has 1 aliphatic heterocycles. The van der Waals surface area contributed by atoms with Gasteiger partial charge in [-0.1, -0.05) is 17.7 Å². The molecule has 0 saturated carbocycles. The summed E-state index contributed by atoms with van der Waals surface area (Å²) in [5.41, 5.74) is 0.0821. The Hall–Kier alpha value is -0.850. The lowest BCUT2D eigenvalue weighted by Gasteiger charge is -2.14. The minimum Gasteiger partial charge on any atom is -0.351 e. The highest BCUT2D eigenvalue weighted by Crippen LogP contribution is 2.21. The van der Waals surface area contributed by atoms with Crippen LogP contribution in [-0.2, 0) is 21.1 Å². The lowest BCUT2D eigenvalue weighted by molar-refractivity contribution is -0.121. The van der Waals surface area contributed by atoms with E-state index in [0.29, 0.717) is 0 Å². The standard InChI is InChI=1S/C12H12Cl2FNO3S/c13-8-2-1-3-10(15)7(8)4-12(17)16-11-6-20(18,19)5-9(11)14/h1-3,9,11H,4-6H2,(H,16,17). The lowest BCUT2D eigenvalue weighted by atomic mass is 10.1. The van der Waals surface area contributed by atoms with Crippen LogP contribution in [0.3, 0.4) is 0 Å². The van der Waals surface area contributed by atoms with E-state index in [4.69, 9.17) is 23.2 Å². The first kappa shape index (κ1) is 15.5. The average molecular weight is 340 g/mol. The molecular formula is C12H12Cl2FNO3S. The van der Waals surface area contributed by atoms with Crippen molar-refractivity contribution < 1.29 is 17.6 Å². The predicted octanol–water partition coefficient (Wildman–Crippen LogP) is 1.54. The highest BCUT2D eigenvalue weighted by molar-refractivity contribution is 7.91. The van der Waals surface area contributed by atoms with Gasteiger partial charge in [0.15, 0.2) is 9.84 Å². The van der Waals surface area contributed by atoms with E-state index in [-0.39, 0.29) is 28.5 Å². The number of amides is 1. The summed E-state index contributed by atoms with van der Waals surface area (Å²) in [5.74, 6) is -1.45. The van der Waals surface area contributed by atoms with Crippen LogP contribution in [0.15, 0.2) is 18.2 Å². The number of nitrogens with one attached hydrogen (secondary N) is 1. The number of alkyl halides is 1. The molecule has 1 amide bonds. The normalized spacial score (nSPS) is 24.6. The SMILES string of the molecule is O=C(Cc1c(F)cccc1Cl)NC1CS(=O)(=O)CC1Cl. The second-order valence-corrected chi connectivity index (χ2v) is 7.77. The van der Waals surface area contributed by atoms with Gasteiger partial charge in [-0.2, -0.15) is 0 Å². The zero-order valence-electron chi connectivity index (χ0n) is 10.3. The van der Waals surface area contributed by atoms with Gasteiger partial charge in [-0.25, -0.2) is 12.8 Å². The van der Waals surface area contributed by atoms with Gasteiger partial charge in [0.1, 0.15) is 5.82 Å². The van der Waals surface area contributed by atoms with E-state index < -0.39 is 33.0 Å². The van der Waals surface area contributed by atoms with Crippen molar-refractivity contribution in [3.05, 3.63) is 34.6 Å². The van der Waals surface area contributed by atoms with E-state index in [1.165, 1.54) is 18.2 Å². The third-order valence-electron chi connectivity index (χ3n) is 3.03. The number of carbonyl (C=O) groups excluding carboxylic acids is 1. The molecule has 110 valence electrons. The summed E-state index contributed by atoms with van der Waals surface area (Å²) in [4.78, 5) is 11.8. The van der Waals surface area contributed by atoms with Gasteiger partial charge in [0.25, 0.3) is 0 Å². The van der Waals surface area contributed by atoms with E-state index in [1.54, 1.807) is 0 Å². The maximum absolute atomic E-state index is 13.5. The topological polar surface area (TPSA) is 63.2 Å². The van der Waals surface area contributed by atoms with Crippen LogP contribution < -0.4 is 5.32 Å². The maximum Gasteiger partial charge on any atom is 0.224 e. The third-order valence-corrected chi connectivity index (χ3v) is 5.76. The Morgan fingerprint density at radius 3 is 2.65 bits per heavy atom. The molecule has 1 heterocycles. The summed E-state index contributed by atoms with van der Waals surface area (Å²) in [6, 6.07) is 3.48. The van der Waals surface area contributed by atoms with Crippen molar-refractivity contribution in [3.63, 3.8) is 0 Å². The second kappa shape index (κ2) is 5.87. The Bertz CT molecular complexity index is 615. The number of benzene rings is 1. The highest BCUT2D eigenvalue weighted by atomic mass is 35.5. The lowest BCUT2D eigenvalue weighted by Crippen LogP contribution is -2.41. The van der Waals surface area contributed by atoms with Crippen molar-refractivity contribution in [1.29, 1.82) is 0 Å². The monoisotopic (exact) mass is 339 g/mol. The third kappa shape index (κ3) is 3.62. The number of halogens is 3.